The summed E-state index contributed by atoms with van der Waals surface area (Å²) in [4.78, 5) is 24.7. The van der Waals surface area contributed by atoms with Crippen molar-refractivity contribution in [1.29, 1.82) is 0 Å². The lowest BCUT2D eigenvalue weighted by Gasteiger charge is -2.24. The molecule has 1 unspecified atom stereocenters. The number of aryl methyl sites for hydroxylation is 1. The first-order valence-electron chi connectivity index (χ1n) is 6.27. The Kier molecular flexibility index (Phi) is 4.35. The lowest BCUT2D eigenvalue weighted by atomic mass is 9.97. The third-order valence-electron chi connectivity index (χ3n) is 3.47. The first-order chi connectivity index (χ1) is 9.48. The Hall–Kier alpha value is -1.53. The van der Waals surface area contributed by atoms with E-state index in [1.807, 2.05) is 25.3 Å². The molecule has 2 N–H and O–H groups in total. The Morgan fingerprint density at radius 1 is 1.45 bits per heavy atom. The molecule has 1 amide bonds. The van der Waals surface area contributed by atoms with Crippen molar-refractivity contribution in [3.8, 4) is 0 Å². The molecule has 0 spiro atoms. The largest absolute Gasteiger partial charge is 0.479 e. The van der Waals surface area contributed by atoms with Gasteiger partial charge in [0.05, 0.1) is 6.61 Å². The number of carboxylic acids is 1. The predicted octanol–water partition coefficient (Wildman–Crippen LogP) is 1.69. The monoisotopic (exact) mass is 295 g/mol. The van der Waals surface area contributed by atoms with Gasteiger partial charge in [0.15, 0.2) is 5.54 Å². The molecule has 0 saturated carbocycles. The van der Waals surface area contributed by atoms with Gasteiger partial charge in [-0.15, -0.1) is 11.8 Å². The van der Waals surface area contributed by atoms with Crippen LogP contribution in [0.15, 0.2) is 23.1 Å². The fraction of sp³-hybridized carbons (Fsp3) is 0.429. The maximum atomic E-state index is 12.4. The smallest absolute Gasteiger partial charge is 0.331 e. The van der Waals surface area contributed by atoms with Gasteiger partial charge in [-0.05, 0) is 30.9 Å². The number of thioether (sulfide) groups is 1. The van der Waals surface area contributed by atoms with Crippen molar-refractivity contribution >= 4 is 23.6 Å². The van der Waals surface area contributed by atoms with Gasteiger partial charge in [0.25, 0.3) is 5.91 Å². The second-order valence-electron chi connectivity index (χ2n) is 4.82. The summed E-state index contributed by atoms with van der Waals surface area (Å²) in [7, 11) is 0. The molecule has 1 aliphatic rings. The van der Waals surface area contributed by atoms with Gasteiger partial charge in [-0.2, -0.15) is 0 Å². The lowest BCUT2D eigenvalue weighted by molar-refractivity contribution is -0.144. The summed E-state index contributed by atoms with van der Waals surface area (Å²) in [6.45, 7) is 2.18. The third-order valence-corrected chi connectivity index (χ3v) is 4.20. The molecular formula is C14H17NO4S. The van der Waals surface area contributed by atoms with Crippen LogP contribution in [0, 0.1) is 6.92 Å². The molecule has 108 valence electrons. The standard InChI is InChI=1S/C14H17NO4S/c1-9-3-4-10(20-2)7-11(9)12(16)15-14(13(17)18)5-6-19-8-14/h3-4,7H,5-6,8H2,1-2H3,(H,15,16)(H,17,18). The number of hydrogen-bond donors (Lipinski definition) is 2. The fourth-order valence-corrected chi connectivity index (χ4v) is 2.58. The second-order valence-corrected chi connectivity index (χ2v) is 5.70. The molecule has 0 aliphatic carbocycles. The number of carbonyl (C=O) groups is 2. The Balaban J connectivity index is 2.25. The van der Waals surface area contributed by atoms with Crippen molar-refractivity contribution in [2.45, 2.75) is 23.8 Å². The number of hydrogen-bond acceptors (Lipinski definition) is 4. The zero-order valence-corrected chi connectivity index (χ0v) is 12.3. The quantitative estimate of drug-likeness (QED) is 0.827. The minimum Gasteiger partial charge on any atom is -0.479 e. The molecule has 0 bridgehead atoms. The number of amides is 1. The van der Waals surface area contributed by atoms with Crippen LogP contribution in [0.25, 0.3) is 0 Å². The average molecular weight is 295 g/mol. The predicted molar refractivity (Wildman–Crippen MR) is 76.2 cm³/mol. The summed E-state index contributed by atoms with van der Waals surface area (Å²) in [5, 5.41) is 12.0. The summed E-state index contributed by atoms with van der Waals surface area (Å²) in [6.07, 6.45) is 2.21. The van der Waals surface area contributed by atoms with E-state index in [0.29, 0.717) is 12.2 Å². The van der Waals surface area contributed by atoms with Gasteiger partial charge < -0.3 is 15.2 Å². The second kappa shape index (κ2) is 5.85. The van der Waals surface area contributed by atoms with E-state index in [1.54, 1.807) is 6.07 Å². The molecule has 6 heteroatoms. The van der Waals surface area contributed by atoms with Gasteiger partial charge in [0, 0.05) is 23.5 Å². The van der Waals surface area contributed by atoms with Crippen LogP contribution in [0.2, 0.25) is 0 Å². The summed E-state index contributed by atoms with van der Waals surface area (Å²) in [5.41, 5.74) is 0.0166. The van der Waals surface area contributed by atoms with Crippen LogP contribution >= 0.6 is 11.8 Å². The molecule has 1 heterocycles. The highest BCUT2D eigenvalue weighted by Crippen LogP contribution is 2.22. The van der Waals surface area contributed by atoms with Gasteiger partial charge in [0.1, 0.15) is 0 Å². The molecule has 1 saturated heterocycles. The molecule has 1 fully saturated rings. The van der Waals surface area contributed by atoms with E-state index in [4.69, 9.17) is 4.74 Å². The number of carbonyl (C=O) groups excluding carboxylic acids is 1. The van der Waals surface area contributed by atoms with E-state index in [2.05, 4.69) is 5.32 Å². The minimum atomic E-state index is -1.31. The van der Waals surface area contributed by atoms with Gasteiger partial charge in [-0.3, -0.25) is 4.79 Å². The average Bonchev–Trinajstić information content (AvgIpc) is 2.89. The maximum Gasteiger partial charge on any atom is 0.331 e. The third kappa shape index (κ3) is 2.81. The SMILES string of the molecule is CSc1ccc(C)c(C(=O)NC2(C(=O)O)CCOC2)c1. The number of nitrogens with one attached hydrogen (secondary N) is 1. The van der Waals surface area contributed by atoms with Gasteiger partial charge in [-0.25, -0.2) is 4.79 Å². The normalized spacial score (nSPS) is 21.7. The van der Waals surface area contributed by atoms with E-state index in [0.717, 1.165) is 10.5 Å². The molecular weight excluding hydrogens is 278 g/mol. The Morgan fingerprint density at radius 2 is 2.20 bits per heavy atom. The number of carboxylic acid groups (broad SMARTS) is 1. The summed E-state index contributed by atoms with van der Waals surface area (Å²) in [5.74, 6) is -1.42. The van der Waals surface area contributed by atoms with Crippen molar-refractivity contribution < 1.29 is 19.4 Å². The van der Waals surface area contributed by atoms with E-state index >= 15 is 0 Å². The summed E-state index contributed by atoms with van der Waals surface area (Å²) in [6, 6.07) is 5.57. The first kappa shape index (κ1) is 14.9. The highest BCUT2D eigenvalue weighted by atomic mass is 32.2. The number of rotatable bonds is 4. The zero-order valence-electron chi connectivity index (χ0n) is 11.4. The Labute approximate surface area is 121 Å². The highest BCUT2D eigenvalue weighted by molar-refractivity contribution is 7.98. The Morgan fingerprint density at radius 3 is 2.75 bits per heavy atom. The molecule has 20 heavy (non-hydrogen) atoms. The molecule has 1 aliphatic heterocycles. The van der Waals surface area contributed by atoms with Crippen LogP contribution in [0.4, 0.5) is 0 Å². The number of aliphatic carboxylic acids is 1. The summed E-state index contributed by atoms with van der Waals surface area (Å²) < 4.78 is 5.13. The molecule has 1 aromatic carbocycles. The fourth-order valence-electron chi connectivity index (χ4n) is 2.14. The number of ether oxygens (including phenoxy) is 1. The number of benzene rings is 1. The minimum absolute atomic E-state index is 0.00927. The first-order valence-corrected chi connectivity index (χ1v) is 7.49. The van der Waals surface area contributed by atoms with Crippen LogP contribution in [0.5, 0.6) is 0 Å². The van der Waals surface area contributed by atoms with Crippen LogP contribution < -0.4 is 5.32 Å². The van der Waals surface area contributed by atoms with E-state index in [-0.39, 0.29) is 18.9 Å². The van der Waals surface area contributed by atoms with E-state index in [1.165, 1.54) is 11.8 Å². The van der Waals surface area contributed by atoms with Crippen molar-refractivity contribution in [2.75, 3.05) is 19.5 Å². The Bertz CT molecular complexity index is 538. The highest BCUT2D eigenvalue weighted by Gasteiger charge is 2.44. The molecule has 5 nitrogen and oxygen atoms in total. The van der Waals surface area contributed by atoms with Gasteiger partial charge >= 0.3 is 5.97 Å². The molecule has 2 rings (SSSR count). The lowest BCUT2D eigenvalue weighted by Crippen LogP contribution is -2.55. The maximum absolute atomic E-state index is 12.4. The van der Waals surface area contributed by atoms with Crippen LogP contribution in [-0.4, -0.2) is 42.0 Å². The molecule has 0 aromatic heterocycles. The van der Waals surface area contributed by atoms with Crippen molar-refractivity contribution in [1.82, 2.24) is 5.32 Å². The molecule has 1 aromatic rings. The van der Waals surface area contributed by atoms with Gasteiger partial charge in [-0.1, -0.05) is 6.07 Å². The van der Waals surface area contributed by atoms with Crippen LogP contribution in [-0.2, 0) is 9.53 Å². The topological polar surface area (TPSA) is 75.6 Å². The van der Waals surface area contributed by atoms with Crippen LogP contribution in [0.1, 0.15) is 22.3 Å². The molecule has 1 atom stereocenters. The van der Waals surface area contributed by atoms with Crippen molar-refractivity contribution in [2.24, 2.45) is 0 Å². The molecule has 0 radical (unpaired) electrons. The zero-order chi connectivity index (χ0) is 14.8. The van der Waals surface area contributed by atoms with E-state index in [9.17, 15) is 14.7 Å². The van der Waals surface area contributed by atoms with Gasteiger partial charge in [0.2, 0.25) is 0 Å². The van der Waals surface area contributed by atoms with Crippen molar-refractivity contribution in [3.05, 3.63) is 29.3 Å². The van der Waals surface area contributed by atoms with Crippen molar-refractivity contribution in [3.63, 3.8) is 0 Å². The van der Waals surface area contributed by atoms with E-state index < -0.39 is 11.5 Å². The van der Waals surface area contributed by atoms with Crippen LogP contribution in [0.3, 0.4) is 0 Å². The summed E-state index contributed by atoms with van der Waals surface area (Å²) >= 11 is 1.54.